The molecule has 0 saturated heterocycles. The van der Waals surface area contributed by atoms with Gasteiger partial charge in [0.1, 0.15) is 23.0 Å². The van der Waals surface area contributed by atoms with E-state index in [1.165, 1.54) is 42.7 Å². The number of rotatable bonds is 9. The van der Waals surface area contributed by atoms with E-state index in [2.05, 4.69) is 0 Å². The number of methoxy groups -OCH3 is 6. The topological polar surface area (TPSA) is 89.5 Å². The van der Waals surface area contributed by atoms with Crippen molar-refractivity contribution in [3.05, 3.63) is 46.5 Å². The van der Waals surface area contributed by atoms with Crippen LogP contribution in [0.3, 0.4) is 0 Å². The molecule has 8 heteroatoms. The fraction of sp³-hybridized carbons (Fsp3) is 0.364. The Bertz CT molecular complexity index is 794. The quantitative estimate of drug-likeness (QED) is 0.574. The fourth-order valence-corrected chi connectivity index (χ4v) is 3.18. The number of hydrogen-bond acceptors (Lipinski definition) is 8. The summed E-state index contributed by atoms with van der Waals surface area (Å²) < 4.78 is 31.5. The Hall–Kier alpha value is -3.42. The Kier molecular flexibility index (Phi) is 7.91. The minimum absolute atomic E-state index is 0.326. The van der Waals surface area contributed by atoms with Crippen molar-refractivity contribution in [3.8, 4) is 23.0 Å². The molecule has 0 aromatic heterocycles. The van der Waals surface area contributed by atoms with Crippen LogP contribution in [0.5, 0.6) is 23.0 Å². The zero-order valence-electron chi connectivity index (χ0n) is 18.0. The Morgan fingerprint density at radius 3 is 1.03 bits per heavy atom. The SMILES string of the molecule is COC(=O)c1cc(OC)c(CCc2c(OC)cc(C(=O)OC)cc2OC)c(OC)c1. The van der Waals surface area contributed by atoms with Gasteiger partial charge in [-0.15, -0.1) is 0 Å². The maximum absolute atomic E-state index is 11.9. The van der Waals surface area contributed by atoms with Gasteiger partial charge in [-0.05, 0) is 37.1 Å². The number of carbonyl (C=O) groups excluding carboxylic acids is 2. The molecule has 2 rings (SSSR count). The highest BCUT2D eigenvalue weighted by molar-refractivity contribution is 5.91. The van der Waals surface area contributed by atoms with E-state index < -0.39 is 11.9 Å². The first-order valence-corrected chi connectivity index (χ1v) is 9.10. The second-order valence-electron chi connectivity index (χ2n) is 6.20. The third kappa shape index (κ3) is 4.76. The van der Waals surface area contributed by atoms with E-state index in [4.69, 9.17) is 28.4 Å². The Morgan fingerprint density at radius 1 is 0.567 bits per heavy atom. The molecule has 0 aliphatic rings. The van der Waals surface area contributed by atoms with Crippen molar-refractivity contribution in [1.29, 1.82) is 0 Å². The van der Waals surface area contributed by atoms with Crippen molar-refractivity contribution in [2.45, 2.75) is 12.8 Å². The number of hydrogen-bond donors (Lipinski definition) is 0. The van der Waals surface area contributed by atoms with Crippen LogP contribution in [-0.4, -0.2) is 54.6 Å². The van der Waals surface area contributed by atoms with Gasteiger partial charge in [-0.3, -0.25) is 0 Å². The van der Waals surface area contributed by atoms with Gasteiger partial charge in [0.25, 0.3) is 0 Å². The molecule has 2 aromatic carbocycles. The monoisotopic (exact) mass is 418 g/mol. The maximum Gasteiger partial charge on any atom is 0.338 e. The molecule has 2 aromatic rings. The summed E-state index contributed by atoms with van der Waals surface area (Å²) in [6.07, 6.45) is 0.996. The van der Waals surface area contributed by atoms with Crippen LogP contribution < -0.4 is 18.9 Å². The lowest BCUT2D eigenvalue weighted by atomic mass is 9.98. The van der Waals surface area contributed by atoms with Crippen LogP contribution in [0.2, 0.25) is 0 Å². The average Bonchev–Trinajstić information content (AvgIpc) is 2.80. The lowest BCUT2D eigenvalue weighted by Gasteiger charge is -2.17. The van der Waals surface area contributed by atoms with Crippen LogP contribution in [0.25, 0.3) is 0 Å². The second kappa shape index (κ2) is 10.4. The molecule has 0 heterocycles. The Morgan fingerprint density at radius 2 is 0.833 bits per heavy atom. The second-order valence-corrected chi connectivity index (χ2v) is 6.20. The molecule has 0 aliphatic heterocycles. The summed E-state index contributed by atoms with van der Waals surface area (Å²) in [6.45, 7) is 0. The van der Waals surface area contributed by atoms with Gasteiger partial charge in [-0.2, -0.15) is 0 Å². The summed E-state index contributed by atoms with van der Waals surface area (Å²) in [5.41, 5.74) is 2.20. The van der Waals surface area contributed by atoms with E-state index in [9.17, 15) is 9.59 Å². The van der Waals surface area contributed by atoms with Gasteiger partial charge in [-0.25, -0.2) is 9.59 Å². The van der Waals surface area contributed by atoms with E-state index in [0.29, 0.717) is 47.0 Å². The van der Waals surface area contributed by atoms with Gasteiger partial charge in [0.2, 0.25) is 0 Å². The smallest absolute Gasteiger partial charge is 0.338 e. The molecule has 0 saturated carbocycles. The van der Waals surface area contributed by atoms with Crippen molar-refractivity contribution in [1.82, 2.24) is 0 Å². The molecule has 30 heavy (non-hydrogen) atoms. The summed E-state index contributed by atoms with van der Waals surface area (Å²) in [7, 11) is 8.70. The van der Waals surface area contributed by atoms with Crippen molar-refractivity contribution in [2.24, 2.45) is 0 Å². The van der Waals surface area contributed by atoms with Crippen LogP contribution in [0, 0.1) is 0 Å². The summed E-state index contributed by atoms with van der Waals surface area (Å²) in [4.78, 5) is 23.8. The summed E-state index contributed by atoms with van der Waals surface area (Å²) >= 11 is 0. The van der Waals surface area contributed by atoms with E-state index in [1.54, 1.807) is 24.3 Å². The van der Waals surface area contributed by atoms with Crippen molar-refractivity contribution < 1.29 is 38.0 Å². The molecule has 0 radical (unpaired) electrons. The molecule has 0 bridgehead atoms. The standard InChI is InChI=1S/C22H26O8/c1-25-17-9-13(21(23)29-5)10-18(26-2)15(17)7-8-16-19(27-3)11-14(22(24)30-6)12-20(16)28-4/h9-12H,7-8H2,1-6H3. The van der Waals surface area contributed by atoms with Crippen molar-refractivity contribution >= 4 is 11.9 Å². The van der Waals surface area contributed by atoms with Crippen LogP contribution in [-0.2, 0) is 22.3 Å². The molecular formula is C22H26O8. The first kappa shape index (κ1) is 22.9. The molecule has 0 atom stereocenters. The molecule has 162 valence electrons. The number of ether oxygens (including phenoxy) is 6. The van der Waals surface area contributed by atoms with E-state index in [0.717, 1.165) is 11.1 Å². The first-order chi connectivity index (χ1) is 14.4. The van der Waals surface area contributed by atoms with Gasteiger partial charge >= 0.3 is 11.9 Å². The molecule has 0 fully saturated rings. The molecule has 0 amide bonds. The molecule has 0 N–H and O–H groups in total. The van der Waals surface area contributed by atoms with Crippen LogP contribution in [0.15, 0.2) is 24.3 Å². The zero-order valence-corrected chi connectivity index (χ0v) is 18.0. The maximum atomic E-state index is 11.9. The number of carbonyl (C=O) groups is 2. The first-order valence-electron chi connectivity index (χ1n) is 9.10. The highest BCUT2D eigenvalue weighted by Crippen LogP contribution is 2.36. The Balaban J connectivity index is 2.45. The lowest BCUT2D eigenvalue weighted by Crippen LogP contribution is -2.08. The van der Waals surface area contributed by atoms with Crippen molar-refractivity contribution in [2.75, 3.05) is 42.7 Å². The third-order valence-corrected chi connectivity index (χ3v) is 4.68. The number of esters is 2. The third-order valence-electron chi connectivity index (χ3n) is 4.68. The predicted molar refractivity (Wildman–Crippen MR) is 109 cm³/mol. The minimum Gasteiger partial charge on any atom is -0.496 e. The van der Waals surface area contributed by atoms with Gasteiger partial charge in [0, 0.05) is 11.1 Å². The number of benzene rings is 2. The van der Waals surface area contributed by atoms with Gasteiger partial charge in [-0.1, -0.05) is 0 Å². The van der Waals surface area contributed by atoms with E-state index in [-0.39, 0.29) is 0 Å². The van der Waals surface area contributed by atoms with E-state index in [1.807, 2.05) is 0 Å². The summed E-state index contributed by atoms with van der Waals surface area (Å²) in [5, 5.41) is 0. The normalized spacial score (nSPS) is 10.2. The lowest BCUT2D eigenvalue weighted by molar-refractivity contribution is 0.0591. The molecule has 8 nitrogen and oxygen atoms in total. The largest absolute Gasteiger partial charge is 0.496 e. The molecular weight excluding hydrogens is 392 g/mol. The Labute approximate surface area is 175 Å². The molecule has 0 spiro atoms. The van der Waals surface area contributed by atoms with Crippen molar-refractivity contribution in [3.63, 3.8) is 0 Å². The van der Waals surface area contributed by atoms with Gasteiger partial charge in [0.15, 0.2) is 0 Å². The highest BCUT2D eigenvalue weighted by Gasteiger charge is 2.20. The highest BCUT2D eigenvalue weighted by atomic mass is 16.5. The van der Waals surface area contributed by atoms with Crippen LogP contribution in [0.4, 0.5) is 0 Å². The van der Waals surface area contributed by atoms with Crippen LogP contribution in [0.1, 0.15) is 31.8 Å². The van der Waals surface area contributed by atoms with Gasteiger partial charge in [0.05, 0.1) is 53.8 Å². The fourth-order valence-electron chi connectivity index (χ4n) is 3.18. The average molecular weight is 418 g/mol. The molecule has 0 aliphatic carbocycles. The van der Waals surface area contributed by atoms with Gasteiger partial charge < -0.3 is 28.4 Å². The zero-order chi connectivity index (χ0) is 22.3. The van der Waals surface area contributed by atoms with Crippen LogP contribution >= 0.6 is 0 Å². The van der Waals surface area contributed by atoms with E-state index >= 15 is 0 Å². The summed E-state index contributed by atoms with van der Waals surface area (Å²) in [5.74, 6) is 1.02. The summed E-state index contributed by atoms with van der Waals surface area (Å²) in [6, 6.07) is 6.44. The minimum atomic E-state index is -0.486. The molecule has 0 unspecified atom stereocenters. The predicted octanol–water partition coefficient (Wildman–Crippen LogP) is 3.08.